The number of amides is 3. The largest absolute Gasteiger partial charge is 0.490 e. The van der Waals surface area contributed by atoms with Crippen LogP contribution in [0.4, 0.5) is 9.18 Å². The van der Waals surface area contributed by atoms with E-state index in [1.54, 1.807) is 11.0 Å². The molecule has 7 nitrogen and oxygen atoms in total. The highest BCUT2D eigenvalue weighted by Crippen LogP contribution is 2.36. The van der Waals surface area contributed by atoms with Crippen molar-refractivity contribution in [3.63, 3.8) is 0 Å². The van der Waals surface area contributed by atoms with E-state index in [4.69, 9.17) is 4.74 Å². The van der Waals surface area contributed by atoms with Crippen molar-refractivity contribution < 1.29 is 18.7 Å². The summed E-state index contributed by atoms with van der Waals surface area (Å²) in [7, 11) is 2.16. The van der Waals surface area contributed by atoms with Crippen molar-refractivity contribution in [2.45, 2.75) is 69.7 Å². The molecular formula is C27H41FN4O3. The Morgan fingerprint density at radius 1 is 1.09 bits per heavy atom. The number of unbranched alkanes of at least 4 members (excludes halogenated alkanes) is 4. The number of carbonyl (C=O) groups is 2. The number of carbonyl (C=O) groups excluding carboxylic acids is 2. The van der Waals surface area contributed by atoms with Crippen LogP contribution in [0.5, 0.6) is 5.75 Å². The number of benzene rings is 1. The third-order valence-corrected chi connectivity index (χ3v) is 7.71. The lowest BCUT2D eigenvalue weighted by Crippen LogP contribution is -2.50. The molecule has 1 saturated carbocycles. The molecule has 2 aliphatic heterocycles. The Morgan fingerprint density at radius 2 is 1.83 bits per heavy atom. The van der Waals surface area contributed by atoms with Crippen LogP contribution in [0.3, 0.4) is 0 Å². The van der Waals surface area contributed by atoms with Gasteiger partial charge in [0.1, 0.15) is 0 Å². The molecule has 0 unspecified atom stereocenters. The molecule has 194 valence electrons. The van der Waals surface area contributed by atoms with Crippen molar-refractivity contribution in [1.82, 2.24) is 20.4 Å². The standard InChI is InChI=1S/C27H41FN4O3/c1-31-17-12-27(13-18-31,22-9-10-23(28)24(19-22)35-20-21-7-8-21)29-14-5-3-2-4-6-15-32-16-11-25(33)30-26(32)34/h9-10,19,21,29H,2-8,11-18,20H2,1H3,(H,30,33,34). The van der Waals surface area contributed by atoms with Gasteiger partial charge in [0.15, 0.2) is 11.6 Å². The fourth-order valence-electron chi connectivity index (χ4n) is 5.07. The summed E-state index contributed by atoms with van der Waals surface area (Å²) < 4.78 is 20.2. The fourth-order valence-corrected chi connectivity index (χ4v) is 5.07. The minimum atomic E-state index is -0.272. The molecule has 3 fully saturated rings. The number of hydrogen-bond acceptors (Lipinski definition) is 5. The molecule has 3 aliphatic rings. The Balaban J connectivity index is 1.22. The van der Waals surface area contributed by atoms with E-state index >= 15 is 0 Å². The molecule has 1 aromatic carbocycles. The zero-order chi connectivity index (χ0) is 24.7. The number of urea groups is 1. The number of likely N-dealkylation sites (tertiary alicyclic amines) is 1. The maximum absolute atomic E-state index is 14.4. The Bertz CT molecular complexity index is 868. The molecule has 0 radical (unpaired) electrons. The van der Waals surface area contributed by atoms with E-state index in [1.165, 1.54) is 12.8 Å². The van der Waals surface area contributed by atoms with E-state index in [0.29, 0.717) is 37.8 Å². The molecule has 2 heterocycles. The van der Waals surface area contributed by atoms with Crippen LogP contribution in [0.25, 0.3) is 0 Å². The van der Waals surface area contributed by atoms with Crippen molar-refractivity contribution >= 4 is 11.9 Å². The number of rotatable bonds is 13. The van der Waals surface area contributed by atoms with Gasteiger partial charge < -0.3 is 19.9 Å². The van der Waals surface area contributed by atoms with E-state index < -0.39 is 0 Å². The Labute approximate surface area is 208 Å². The van der Waals surface area contributed by atoms with Crippen LogP contribution in [0, 0.1) is 11.7 Å². The second kappa shape index (κ2) is 12.2. The minimum Gasteiger partial charge on any atom is -0.490 e. The molecule has 0 bridgehead atoms. The van der Waals surface area contributed by atoms with E-state index in [1.807, 2.05) is 12.1 Å². The van der Waals surface area contributed by atoms with Gasteiger partial charge in [-0.2, -0.15) is 0 Å². The van der Waals surface area contributed by atoms with Crippen LogP contribution in [0.15, 0.2) is 18.2 Å². The second-order valence-electron chi connectivity index (χ2n) is 10.6. The lowest BCUT2D eigenvalue weighted by atomic mass is 9.80. The summed E-state index contributed by atoms with van der Waals surface area (Å²) in [5, 5.41) is 6.23. The van der Waals surface area contributed by atoms with Gasteiger partial charge in [0.05, 0.1) is 6.61 Å². The van der Waals surface area contributed by atoms with Gasteiger partial charge in [-0.05, 0) is 88.8 Å². The van der Waals surface area contributed by atoms with Crippen LogP contribution < -0.4 is 15.4 Å². The molecule has 2 N–H and O–H groups in total. The predicted octanol–water partition coefficient (Wildman–Crippen LogP) is 4.02. The molecule has 2 saturated heterocycles. The molecule has 4 rings (SSSR count). The first-order chi connectivity index (χ1) is 16.9. The SMILES string of the molecule is CN1CCC(NCCCCCCCN2CCC(=O)NC2=O)(c2ccc(F)c(OCC3CC3)c2)CC1. The van der Waals surface area contributed by atoms with Crippen LogP contribution >= 0.6 is 0 Å². The number of ether oxygens (including phenoxy) is 1. The van der Waals surface area contributed by atoms with Crippen LogP contribution in [-0.4, -0.2) is 68.1 Å². The smallest absolute Gasteiger partial charge is 0.324 e. The quantitative estimate of drug-likeness (QED) is 0.411. The molecule has 1 aliphatic carbocycles. The molecule has 8 heteroatoms. The lowest BCUT2D eigenvalue weighted by molar-refractivity contribution is -0.121. The van der Waals surface area contributed by atoms with Gasteiger partial charge in [0.2, 0.25) is 5.91 Å². The molecule has 0 spiro atoms. The van der Waals surface area contributed by atoms with Crippen LogP contribution in [0.2, 0.25) is 0 Å². The summed E-state index contributed by atoms with van der Waals surface area (Å²) in [5.74, 6) is 0.533. The Kier molecular flexibility index (Phi) is 9.00. The maximum atomic E-state index is 14.4. The summed E-state index contributed by atoms with van der Waals surface area (Å²) in [6.45, 7) is 4.81. The maximum Gasteiger partial charge on any atom is 0.324 e. The zero-order valence-electron chi connectivity index (χ0n) is 21.1. The zero-order valence-corrected chi connectivity index (χ0v) is 21.1. The van der Waals surface area contributed by atoms with Gasteiger partial charge in [0.25, 0.3) is 0 Å². The number of nitrogens with one attached hydrogen (secondary N) is 2. The van der Waals surface area contributed by atoms with Gasteiger partial charge in [0, 0.05) is 25.0 Å². The van der Waals surface area contributed by atoms with E-state index in [-0.39, 0.29) is 23.3 Å². The third kappa shape index (κ3) is 7.40. The highest BCUT2D eigenvalue weighted by Gasteiger charge is 2.35. The molecular weight excluding hydrogens is 447 g/mol. The summed E-state index contributed by atoms with van der Waals surface area (Å²) in [4.78, 5) is 27.1. The molecule has 0 aromatic heterocycles. The van der Waals surface area contributed by atoms with Crippen molar-refractivity contribution in [1.29, 1.82) is 0 Å². The molecule has 3 amide bonds. The average Bonchev–Trinajstić information content (AvgIpc) is 3.67. The van der Waals surface area contributed by atoms with Crippen molar-refractivity contribution in [3.8, 4) is 5.75 Å². The monoisotopic (exact) mass is 488 g/mol. The van der Waals surface area contributed by atoms with E-state index in [0.717, 1.165) is 70.1 Å². The van der Waals surface area contributed by atoms with Gasteiger partial charge in [-0.1, -0.05) is 25.3 Å². The highest BCUT2D eigenvalue weighted by molar-refractivity contribution is 5.96. The molecule has 35 heavy (non-hydrogen) atoms. The summed E-state index contributed by atoms with van der Waals surface area (Å²) in [5.41, 5.74) is 0.993. The first-order valence-corrected chi connectivity index (χ1v) is 13.4. The Hall–Kier alpha value is -2.19. The summed E-state index contributed by atoms with van der Waals surface area (Å²) in [6.07, 6.45) is 10.2. The van der Waals surface area contributed by atoms with Crippen molar-refractivity contribution in [2.24, 2.45) is 5.92 Å². The summed E-state index contributed by atoms with van der Waals surface area (Å²) >= 11 is 0. The number of nitrogens with zero attached hydrogens (tertiary/aromatic N) is 2. The first-order valence-electron chi connectivity index (χ1n) is 13.4. The number of halogens is 1. The van der Waals surface area contributed by atoms with Crippen LogP contribution in [0.1, 0.15) is 69.8 Å². The normalized spacial score (nSPS) is 20.7. The van der Waals surface area contributed by atoms with Crippen LogP contribution in [-0.2, 0) is 10.3 Å². The topological polar surface area (TPSA) is 73.9 Å². The van der Waals surface area contributed by atoms with Crippen molar-refractivity contribution in [3.05, 3.63) is 29.6 Å². The van der Waals surface area contributed by atoms with Gasteiger partial charge in [-0.3, -0.25) is 10.1 Å². The van der Waals surface area contributed by atoms with Gasteiger partial charge >= 0.3 is 6.03 Å². The minimum absolute atomic E-state index is 0.142. The van der Waals surface area contributed by atoms with Gasteiger partial charge in [-0.15, -0.1) is 0 Å². The first kappa shape index (κ1) is 25.9. The van der Waals surface area contributed by atoms with E-state index in [2.05, 4.69) is 22.6 Å². The molecule has 1 aromatic rings. The fraction of sp³-hybridized carbons (Fsp3) is 0.704. The second-order valence-corrected chi connectivity index (χ2v) is 10.6. The number of hydrogen-bond donors (Lipinski definition) is 2. The predicted molar refractivity (Wildman–Crippen MR) is 134 cm³/mol. The average molecular weight is 489 g/mol. The van der Waals surface area contributed by atoms with Crippen molar-refractivity contribution in [2.75, 3.05) is 46.4 Å². The highest BCUT2D eigenvalue weighted by atomic mass is 19.1. The Morgan fingerprint density at radius 3 is 2.57 bits per heavy atom. The lowest BCUT2D eigenvalue weighted by Gasteiger charge is -2.42. The van der Waals surface area contributed by atoms with Gasteiger partial charge in [-0.25, -0.2) is 9.18 Å². The molecule has 0 atom stereocenters. The van der Waals surface area contributed by atoms with E-state index in [9.17, 15) is 14.0 Å². The number of imide groups is 1. The number of piperidine rings is 1. The summed E-state index contributed by atoms with van der Waals surface area (Å²) in [6, 6.07) is 5.18. The third-order valence-electron chi connectivity index (χ3n) is 7.71.